The highest BCUT2D eigenvalue weighted by Gasteiger charge is 2.16. The summed E-state index contributed by atoms with van der Waals surface area (Å²) in [7, 11) is 0. The maximum atomic E-state index is 13.5. The van der Waals surface area contributed by atoms with Gasteiger partial charge in [-0.15, -0.1) is 0 Å². The summed E-state index contributed by atoms with van der Waals surface area (Å²) in [5.41, 5.74) is 0.0348. The van der Waals surface area contributed by atoms with Gasteiger partial charge in [0.05, 0.1) is 12.2 Å². The number of carbonyl (C=O) groups excluding carboxylic acids is 1. The Morgan fingerprint density at radius 2 is 2.14 bits per heavy atom. The van der Waals surface area contributed by atoms with E-state index in [2.05, 4.69) is 10.3 Å². The van der Waals surface area contributed by atoms with Crippen molar-refractivity contribution in [2.45, 2.75) is 13.3 Å². The number of nitrogens with zero attached hydrogens (tertiary/aromatic N) is 1. The third-order valence-electron chi connectivity index (χ3n) is 2.66. The SMILES string of the molecule is CCCOc1cccc(NC(=O)c2ccnc(F)c2F)c1. The lowest BCUT2D eigenvalue weighted by atomic mass is 10.2. The Kier molecular flexibility index (Phi) is 4.81. The Balaban J connectivity index is 2.14. The minimum Gasteiger partial charge on any atom is -0.494 e. The average molecular weight is 292 g/mol. The van der Waals surface area contributed by atoms with Crippen molar-refractivity contribution in [1.29, 1.82) is 0 Å². The highest BCUT2D eigenvalue weighted by atomic mass is 19.2. The van der Waals surface area contributed by atoms with Crippen LogP contribution in [0.25, 0.3) is 0 Å². The fourth-order valence-electron chi connectivity index (χ4n) is 1.68. The zero-order chi connectivity index (χ0) is 15.2. The van der Waals surface area contributed by atoms with E-state index in [-0.39, 0.29) is 0 Å². The molecule has 0 aliphatic heterocycles. The normalized spacial score (nSPS) is 10.2. The Morgan fingerprint density at radius 1 is 1.33 bits per heavy atom. The number of halogens is 2. The summed E-state index contributed by atoms with van der Waals surface area (Å²) in [5, 5.41) is 2.49. The molecule has 0 aliphatic rings. The van der Waals surface area contributed by atoms with Crippen molar-refractivity contribution < 1.29 is 18.3 Å². The molecule has 1 aromatic heterocycles. The van der Waals surface area contributed by atoms with E-state index in [1.54, 1.807) is 24.3 Å². The van der Waals surface area contributed by atoms with Gasteiger partial charge in [0.1, 0.15) is 5.75 Å². The molecule has 0 radical (unpaired) electrons. The number of pyridine rings is 1. The van der Waals surface area contributed by atoms with Gasteiger partial charge in [-0.05, 0) is 24.6 Å². The van der Waals surface area contributed by atoms with Crippen LogP contribution in [0.3, 0.4) is 0 Å². The standard InChI is InChI=1S/C15H14F2N2O2/c1-2-8-21-11-5-3-4-10(9-11)19-15(20)12-6-7-18-14(17)13(12)16/h3-7,9H,2,8H2,1H3,(H,19,20). The van der Waals surface area contributed by atoms with Gasteiger partial charge < -0.3 is 10.1 Å². The molecule has 0 spiro atoms. The Bertz CT molecular complexity index is 647. The number of benzene rings is 1. The molecule has 110 valence electrons. The first-order chi connectivity index (χ1) is 10.1. The number of hydrogen-bond donors (Lipinski definition) is 1. The zero-order valence-electron chi connectivity index (χ0n) is 11.4. The summed E-state index contributed by atoms with van der Waals surface area (Å²) in [6.45, 7) is 2.54. The molecule has 0 fully saturated rings. The van der Waals surface area contributed by atoms with E-state index < -0.39 is 23.2 Å². The number of rotatable bonds is 5. The smallest absolute Gasteiger partial charge is 0.258 e. The van der Waals surface area contributed by atoms with Crippen molar-refractivity contribution in [2.75, 3.05) is 11.9 Å². The van der Waals surface area contributed by atoms with E-state index in [1.165, 1.54) is 0 Å². The predicted octanol–water partition coefficient (Wildman–Crippen LogP) is 3.40. The lowest BCUT2D eigenvalue weighted by molar-refractivity contribution is 0.102. The molecule has 0 bridgehead atoms. The van der Waals surface area contributed by atoms with Gasteiger partial charge in [-0.25, -0.2) is 9.37 Å². The zero-order valence-corrected chi connectivity index (χ0v) is 11.4. The lowest BCUT2D eigenvalue weighted by Gasteiger charge is -2.09. The minimum atomic E-state index is -1.30. The third-order valence-corrected chi connectivity index (χ3v) is 2.66. The minimum absolute atomic E-state index is 0.401. The predicted molar refractivity (Wildman–Crippen MR) is 74.3 cm³/mol. The van der Waals surface area contributed by atoms with Crippen LogP contribution in [0, 0.1) is 11.8 Å². The average Bonchev–Trinajstić information content (AvgIpc) is 2.48. The monoisotopic (exact) mass is 292 g/mol. The van der Waals surface area contributed by atoms with Gasteiger partial charge >= 0.3 is 0 Å². The van der Waals surface area contributed by atoms with Crippen LogP contribution in [0.5, 0.6) is 5.75 Å². The molecule has 1 aromatic carbocycles. The van der Waals surface area contributed by atoms with E-state index in [1.807, 2.05) is 6.92 Å². The van der Waals surface area contributed by atoms with E-state index in [9.17, 15) is 13.6 Å². The van der Waals surface area contributed by atoms with Crippen LogP contribution < -0.4 is 10.1 Å². The van der Waals surface area contributed by atoms with Gasteiger partial charge in [0.15, 0.2) is 5.82 Å². The quantitative estimate of drug-likeness (QED) is 0.859. The van der Waals surface area contributed by atoms with Crippen molar-refractivity contribution in [3.05, 3.63) is 53.9 Å². The lowest BCUT2D eigenvalue weighted by Crippen LogP contribution is -2.15. The van der Waals surface area contributed by atoms with Gasteiger partial charge in [-0.2, -0.15) is 4.39 Å². The molecule has 0 unspecified atom stereocenters. The van der Waals surface area contributed by atoms with Crippen molar-refractivity contribution in [3.63, 3.8) is 0 Å². The second-order valence-electron chi connectivity index (χ2n) is 4.29. The summed E-state index contributed by atoms with van der Waals surface area (Å²) in [5.74, 6) is -2.73. The van der Waals surface area contributed by atoms with Crippen LogP contribution in [-0.4, -0.2) is 17.5 Å². The molecule has 0 saturated carbocycles. The number of anilines is 1. The first-order valence-electron chi connectivity index (χ1n) is 6.46. The summed E-state index contributed by atoms with van der Waals surface area (Å²) in [6, 6.07) is 7.81. The molecule has 21 heavy (non-hydrogen) atoms. The van der Waals surface area contributed by atoms with E-state index in [0.717, 1.165) is 18.7 Å². The second kappa shape index (κ2) is 6.78. The first kappa shape index (κ1) is 14.9. The molecule has 0 atom stereocenters. The molecule has 2 aromatic rings. The Hall–Kier alpha value is -2.50. The molecule has 2 rings (SSSR count). The number of hydrogen-bond acceptors (Lipinski definition) is 3. The number of aromatic nitrogens is 1. The molecular formula is C15H14F2N2O2. The van der Waals surface area contributed by atoms with Crippen LogP contribution in [0.15, 0.2) is 36.5 Å². The second-order valence-corrected chi connectivity index (χ2v) is 4.29. The van der Waals surface area contributed by atoms with Crippen molar-refractivity contribution in [2.24, 2.45) is 0 Å². The molecule has 1 N–H and O–H groups in total. The van der Waals surface area contributed by atoms with Gasteiger partial charge in [0.25, 0.3) is 5.91 Å². The largest absolute Gasteiger partial charge is 0.494 e. The summed E-state index contributed by atoms with van der Waals surface area (Å²) in [4.78, 5) is 15.1. The van der Waals surface area contributed by atoms with Gasteiger partial charge in [-0.3, -0.25) is 4.79 Å². The topological polar surface area (TPSA) is 51.2 Å². The highest BCUT2D eigenvalue weighted by Crippen LogP contribution is 2.19. The summed E-state index contributed by atoms with van der Waals surface area (Å²) >= 11 is 0. The highest BCUT2D eigenvalue weighted by molar-refractivity contribution is 6.04. The van der Waals surface area contributed by atoms with E-state index in [4.69, 9.17) is 4.74 Å². The molecule has 6 heteroatoms. The molecule has 1 amide bonds. The number of amides is 1. The van der Waals surface area contributed by atoms with E-state index >= 15 is 0 Å². The van der Waals surface area contributed by atoms with Crippen LogP contribution in [-0.2, 0) is 0 Å². The fraction of sp³-hybridized carbons (Fsp3) is 0.200. The number of nitrogens with one attached hydrogen (secondary N) is 1. The summed E-state index contributed by atoms with van der Waals surface area (Å²) in [6.07, 6.45) is 1.90. The Labute approximate surface area is 120 Å². The van der Waals surface area contributed by atoms with Gasteiger partial charge in [0.2, 0.25) is 5.95 Å². The van der Waals surface area contributed by atoms with Crippen LogP contribution in [0.2, 0.25) is 0 Å². The molecule has 1 heterocycles. The third kappa shape index (κ3) is 3.75. The van der Waals surface area contributed by atoms with Crippen molar-refractivity contribution >= 4 is 11.6 Å². The maximum absolute atomic E-state index is 13.5. The first-order valence-corrected chi connectivity index (χ1v) is 6.46. The summed E-state index contributed by atoms with van der Waals surface area (Å²) < 4.78 is 31.9. The molecule has 0 aliphatic carbocycles. The maximum Gasteiger partial charge on any atom is 0.258 e. The van der Waals surface area contributed by atoms with Gasteiger partial charge in [-0.1, -0.05) is 13.0 Å². The van der Waals surface area contributed by atoms with Crippen LogP contribution in [0.4, 0.5) is 14.5 Å². The molecular weight excluding hydrogens is 278 g/mol. The molecule has 4 nitrogen and oxygen atoms in total. The Morgan fingerprint density at radius 3 is 2.90 bits per heavy atom. The van der Waals surface area contributed by atoms with Crippen molar-refractivity contribution in [3.8, 4) is 5.75 Å². The molecule has 0 saturated heterocycles. The van der Waals surface area contributed by atoms with Crippen LogP contribution in [0.1, 0.15) is 23.7 Å². The van der Waals surface area contributed by atoms with Crippen molar-refractivity contribution in [1.82, 2.24) is 4.98 Å². The number of carbonyl (C=O) groups is 1. The number of ether oxygens (including phenoxy) is 1. The fourth-order valence-corrected chi connectivity index (χ4v) is 1.68. The van der Waals surface area contributed by atoms with Gasteiger partial charge in [0, 0.05) is 18.0 Å². The van der Waals surface area contributed by atoms with E-state index in [0.29, 0.717) is 18.0 Å². The van der Waals surface area contributed by atoms with Crippen LogP contribution >= 0.6 is 0 Å².